The Hall–Kier alpha value is -4.07. The summed E-state index contributed by atoms with van der Waals surface area (Å²) in [5, 5.41) is 0. The fraction of sp³-hybridized carbons (Fsp3) is 0.486. The molecule has 0 aliphatic carbocycles. The predicted octanol–water partition coefficient (Wildman–Crippen LogP) is 6.81. The van der Waals surface area contributed by atoms with Gasteiger partial charge in [0.1, 0.15) is 11.5 Å². The molecule has 8 nitrogen and oxygen atoms in total. The number of anilines is 1. The molecule has 0 spiro atoms. The summed E-state index contributed by atoms with van der Waals surface area (Å²) in [7, 11) is 0. The highest BCUT2D eigenvalue weighted by Gasteiger charge is 2.43. The second-order valence-corrected chi connectivity index (χ2v) is 13.5. The number of hydrogen-bond acceptors (Lipinski definition) is 6. The van der Waals surface area contributed by atoms with Gasteiger partial charge in [-0.3, -0.25) is 14.6 Å². The minimum absolute atomic E-state index is 0.00941. The lowest BCUT2D eigenvalue weighted by atomic mass is 10.0. The van der Waals surface area contributed by atoms with Gasteiger partial charge in [0.25, 0.3) is 11.8 Å². The van der Waals surface area contributed by atoms with Gasteiger partial charge < -0.3 is 24.2 Å². The van der Waals surface area contributed by atoms with Crippen molar-refractivity contribution in [3.05, 3.63) is 70.8 Å². The van der Waals surface area contributed by atoms with Crippen LogP contribution in [-0.2, 0) is 0 Å². The van der Waals surface area contributed by atoms with E-state index in [2.05, 4.69) is 49.9 Å². The molecule has 2 aromatic carbocycles. The van der Waals surface area contributed by atoms with E-state index >= 15 is 0 Å². The van der Waals surface area contributed by atoms with Crippen LogP contribution in [0, 0.1) is 13.8 Å². The monoisotopic (exact) mass is 610 g/mol. The van der Waals surface area contributed by atoms with E-state index in [9.17, 15) is 9.59 Å². The summed E-state index contributed by atoms with van der Waals surface area (Å²) in [5.74, 6) is 1.70. The van der Waals surface area contributed by atoms with E-state index in [1.807, 2.05) is 48.1 Å². The minimum Gasteiger partial charge on any atom is -0.493 e. The van der Waals surface area contributed by atoms with Crippen molar-refractivity contribution in [3.63, 3.8) is 0 Å². The summed E-state index contributed by atoms with van der Waals surface area (Å²) < 4.78 is 12.4. The molecule has 0 aromatic heterocycles. The Bertz CT molecular complexity index is 1580. The van der Waals surface area contributed by atoms with Gasteiger partial charge in [0.2, 0.25) is 0 Å². The van der Waals surface area contributed by atoms with Gasteiger partial charge in [-0.15, -0.1) is 0 Å². The maximum atomic E-state index is 13.7. The van der Waals surface area contributed by atoms with Crippen molar-refractivity contribution in [3.8, 4) is 11.5 Å². The van der Waals surface area contributed by atoms with Crippen molar-refractivity contribution in [1.29, 1.82) is 0 Å². The van der Waals surface area contributed by atoms with Crippen molar-refractivity contribution in [2.75, 3.05) is 31.2 Å². The number of aryl methyl sites for hydroxylation is 2. The van der Waals surface area contributed by atoms with Crippen LogP contribution in [0.2, 0.25) is 0 Å². The van der Waals surface area contributed by atoms with E-state index < -0.39 is 0 Å². The second kappa shape index (κ2) is 12.4. The Morgan fingerprint density at radius 2 is 1.44 bits per heavy atom. The first kappa shape index (κ1) is 30.9. The van der Waals surface area contributed by atoms with Crippen LogP contribution < -0.4 is 14.4 Å². The highest BCUT2D eigenvalue weighted by atomic mass is 16.5. The maximum Gasteiger partial charge on any atom is 0.256 e. The largest absolute Gasteiger partial charge is 0.493 e. The van der Waals surface area contributed by atoms with E-state index in [0.717, 1.165) is 77.1 Å². The molecule has 238 valence electrons. The van der Waals surface area contributed by atoms with Crippen molar-refractivity contribution in [1.82, 2.24) is 9.80 Å². The van der Waals surface area contributed by atoms with Crippen LogP contribution in [0.5, 0.6) is 11.5 Å². The molecule has 4 heterocycles. The third kappa shape index (κ3) is 5.87. The summed E-state index contributed by atoms with van der Waals surface area (Å²) in [6.45, 7) is 21.2. The summed E-state index contributed by atoms with van der Waals surface area (Å²) in [4.78, 5) is 37.7. The molecule has 0 N–H and O–H groups in total. The average Bonchev–Trinajstić information content (AvgIpc) is 3.53. The number of ether oxygens (including phenoxy) is 2. The van der Waals surface area contributed by atoms with Crippen molar-refractivity contribution in [2.45, 2.75) is 90.9 Å². The third-order valence-electron chi connectivity index (χ3n) is 9.67. The first-order valence-electron chi connectivity index (χ1n) is 16.4. The predicted molar refractivity (Wildman–Crippen MR) is 180 cm³/mol. The Kier molecular flexibility index (Phi) is 8.51. The van der Waals surface area contributed by atoms with E-state index in [-0.39, 0.29) is 36.0 Å². The molecule has 0 bridgehead atoms. The van der Waals surface area contributed by atoms with Gasteiger partial charge in [-0.2, -0.15) is 0 Å². The SMILES string of the molecule is C=C1C[C@H]2C=Nc3cc(OCCCCCOc4cc5c(cc4C)C(=O)N4CC(=C)C[C@H]4C(C)N5C(C)C)c(C)cc3C(=O)N2C1. The number of hydrogen-bond donors (Lipinski definition) is 0. The molecular formula is C37H46N4O4. The molecule has 1 unspecified atom stereocenters. The van der Waals surface area contributed by atoms with Crippen LogP contribution >= 0.6 is 0 Å². The quantitative estimate of drug-likeness (QED) is 0.231. The second-order valence-electron chi connectivity index (χ2n) is 13.5. The van der Waals surface area contributed by atoms with Crippen LogP contribution in [0.25, 0.3) is 0 Å². The van der Waals surface area contributed by atoms with Gasteiger partial charge >= 0.3 is 0 Å². The molecule has 2 aromatic rings. The lowest BCUT2D eigenvalue weighted by Crippen LogP contribution is -2.49. The molecule has 8 heteroatoms. The fourth-order valence-electron chi connectivity index (χ4n) is 7.37. The number of rotatable bonds is 9. The van der Waals surface area contributed by atoms with Gasteiger partial charge in [0.15, 0.2) is 0 Å². The van der Waals surface area contributed by atoms with Crippen LogP contribution in [0.3, 0.4) is 0 Å². The number of fused-ring (bicyclic) bond motifs is 4. The molecule has 0 saturated carbocycles. The standard InChI is InChI=1S/C37H46N4O4/c1-22(2)41-27(7)32-14-24(4)21-40(32)37(43)30-16-26(6)35(18-33(30)41)45-12-10-8-9-11-44-34-17-31-29(15-25(34)5)36(42)39-20-23(3)13-28(39)19-38-31/h15-19,22,27-28,32H,3-4,8-14,20-21H2,1-2,5-7H3/t27?,28-,32-/m0/s1. The van der Waals surface area contributed by atoms with Crippen LogP contribution in [0.4, 0.5) is 11.4 Å². The van der Waals surface area contributed by atoms with Crippen molar-refractivity contribution >= 4 is 29.4 Å². The molecule has 2 fully saturated rings. The maximum absolute atomic E-state index is 13.7. The first-order chi connectivity index (χ1) is 21.5. The van der Waals surface area contributed by atoms with Gasteiger partial charge in [-0.1, -0.05) is 24.3 Å². The molecule has 4 aliphatic heterocycles. The minimum atomic E-state index is -0.0161. The van der Waals surface area contributed by atoms with Gasteiger partial charge in [-0.05, 0) is 90.0 Å². The summed E-state index contributed by atoms with van der Waals surface area (Å²) >= 11 is 0. The Balaban J connectivity index is 1.04. The third-order valence-corrected chi connectivity index (χ3v) is 9.67. The van der Waals surface area contributed by atoms with Gasteiger partial charge in [0, 0.05) is 43.5 Å². The summed E-state index contributed by atoms with van der Waals surface area (Å²) in [6.07, 6.45) is 6.23. The summed E-state index contributed by atoms with van der Waals surface area (Å²) in [5.41, 5.74) is 7.11. The number of unbranched alkanes of at least 4 members (excludes halogenated alkanes) is 2. The number of nitrogens with zero attached hydrogens (tertiary/aromatic N) is 4. The van der Waals surface area contributed by atoms with Crippen LogP contribution in [0.1, 0.15) is 84.7 Å². The van der Waals surface area contributed by atoms with Crippen molar-refractivity contribution < 1.29 is 19.1 Å². The number of aliphatic imine (C=N–C) groups is 1. The van der Waals surface area contributed by atoms with E-state index in [0.29, 0.717) is 37.6 Å². The van der Waals surface area contributed by atoms with Gasteiger partial charge in [0.05, 0.1) is 47.8 Å². The normalized spacial score (nSPS) is 22.4. The topological polar surface area (TPSA) is 74.7 Å². The van der Waals surface area contributed by atoms with Crippen LogP contribution in [0.15, 0.2) is 53.6 Å². The molecule has 0 radical (unpaired) electrons. The molecular weight excluding hydrogens is 564 g/mol. The molecule has 2 saturated heterocycles. The Labute approximate surface area is 267 Å². The smallest absolute Gasteiger partial charge is 0.256 e. The zero-order valence-corrected chi connectivity index (χ0v) is 27.4. The number of benzene rings is 2. The lowest BCUT2D eigenvalue weighted by Gasteiger charge is -2.38. The molecule has 6 rings (SSSR count). The molecule has 2 amide bonds. The lowest BCUT2D eigenvalue weighted by molar-refractivity contribution is 0.0730. The van der Waals surface area contributed by atoms with E-state index in [1.165, 1.54) is 0 Å². The average molecular weight is 611 g/mol. The van der Waals surface area contributed by atoms with E-state index in [1.54, 1.807) is 0 Å². The number of amides is 2. The van der Waals surface area contributed by atoms with Gasteiger partial charge in [-0.25, -0.2) is 0 Å². The highest BCUT2D eigenvalue weighted by molar-refractivity contribution is 6.04. The molecule has 3 atom stereocenters. The zero-order valence-electron chi connectivity index (χ0n) is 27.4. The fourth-order valence-corrected chi connectivity index (χ4v) is 7.37. The first-order valence-corrected chi connectivity index (χ1v) is 16.4. The zero-order chi connectivity index (χ0) is 32.0. The number of carbonyl (C=O) groups excluding carboxylic acids is 2. The molecule has 4 aliphatic rings. The Morgan fingerprint density at radius 3 is 2.13 bits per heavy atom. The molecule has 45 heavy (non-hydrogen) atoms. The van der Waals surface area contributed by atoms with E-state index in [4.69, 9.17) is 9.47 Å². The Morgan fingerprint density at radius 1 is 0.844 bits per heavy atom. The summed E-state index contributed by atoms with van der Waals surface area (Å²) in [6, 6.07) is 8.42. The number of carbonyl (C=O) groups is 2. The highest BCUT2D eigenvalue weighted by Crippen LogP contribution is 2.40. The van der Waals surface area contributed by atoms with Crippen molar-refractivity contribution in [2.24, 2.45) is 4.99 Å². The van der Waals surface area contributed by atoms with Crippen LogP contribution in [-0.4, -0.2) is 78.3 Å².